The van der Waals surface area contributed by atoms with Gasteiger partial charge in [0, 0.05) is 44.0 Å². The fourth-order valence-electron chi connectivity index (χ4n) is 8.79. The first kappa shape index (κ1) is 40.8. The maximum atomic E-state index is 15.1. The van der Waals surface area contributed by atoms with Gasteiger partial charge in [-0.25, -0.2) is 0 Å². The molecule has 55 heavy (non-hydrogen) atoms. The van der Waals surface area contributed by atoms with Gasteiger partial charge < -0.3 is 34.4 Å². The summed E-state index contributed by atoms with van der Waals surface area (Å²) >= 11 is 3.77. The van der Waals surface area contributed by atoms with Crippen molar-refractivity contribution < 1.29 is 38.5 Å². The number of benzene rings is 2. The molecule has 1 spiro atoms. The van der Waals surface area contributed by atoms with Gasteiger partial charge in [0.1, 0.15) is 17.7 Å². The lowest BCUT2D eigenvalue weighted by atomic mass is 9.70. The number of aliphatic hydroxyl groups excluding tert-OH is 1. The molecule has 2 aromatic rings. The third-order valence-corrected chi connectivity index (χ3v) is 12.2. The van der Waals surface area contributed by atoms with Gasteiger partial charge in [-0.05, 0) is 37.3 Å². The predicted octanol–water partition coefficient (Wildman–Crippen LogP) is 3.44. The number of ether oxygens (including phenoxy) is 3. The molecule has 4 heterocycles. The second-order valence-electron chi connectivity index (χ2n) is 14.9. The number of hydrogen-bond donors (Lipinski definition) is 2. The van der Waals surface area contributed by atoms with Crippen molar-refractivity contribution in [1.29, 1.82) is 0 Å². The summed E-state index contributed by atoms with van der Waals surface area (Å²) in [4.78, 5) is 62.6. The fourth-order valence-corrected chi connectivity index (χ4v) is 9.74. The van der Waals surface area contributed by atoms with Crippen molar-refractivity contribution >= 4 is 39.6 Å². The molecule has 296 valence electrons. The Morgan fingerprint density at radius 1 is 1.09 bits per heavy atom. The average molecular weight is 822 g/mol. The summed E-state index contributed by atoms with van der Waals surface area (Å²) in [5.41, 5.74) is 0.198. The maximum Gasteiger partial charge on any atom is 0.313 e. The van der Waals surface area contributed by atoms with Gasteiger partial charge in [0.25, 0.3) is 0 Å². The van der Waals surface area contributed by atoms with Crippen LogP contribution < -0.4 is 5.32 Å². The molecule has 0 aliphatic carbocycles. The number of carbonyl (C=O) groups is 4. The Morgan fingerprint density at radius 2 is 1.78 bits per heavy atom. The van der Waals surface area contributed by atoms with Crippen LogP contribution in [-0.4, -0.2) is 131 Å². The minimum absolute atomic E-state index is 0.207. The second kappa shape index (κ2) is 18.4. The number of nitrogens with one attached hydrogen (secondary N) is 1. The molecule has 6 rings (SSSR count). The van der Waals surface area contributed by atoms with Crippen LogP contribution >= 0.6 is 15.9 Å². The Kier molecular flexibility index (Phi) is 13.6. The number of allylic oxidation sites excluding steroid dienone is 1. The van der Waals surface area contributed by atoms with Gasteiger partial charge in [0.2, 0.25) is 17.7 Å². The lowest BCUT2D eigenvalue weighted by molar-refractivity contribution is -0.162. The number of aliphatic hydroxyl groups is 1. The molecule has 13 heteroatoms. The van der Waals surface area contributed by atoms with E-state index >= 15 is 9.59 Å². The van der Waals surface area contributed by atoms with Gasteiger partial charge >= 0.3 is 5.97 Å². The normalized spacial score (nSPS) is 27.5. The predicted molar refractivity (Wildman–Crippen MR) is 210 cm³/mol. The number of morpholine rings is 1. The van der Waals surface area contributed by atoms with E-state index in [1.165, 1.54) is 4.90 Å². The van der Waals surface area contributed by atoms with E-state index in [1.807, 2.05) is 60.7 Å². The summed E-state index contributed by atoms with van der Waals surface area (Å²) < 4.78 is 18.7. The number of rotatable bonds is 18. The van der Waals surface area contributed by atoms with Crippen molar-refractivity contribution in [1.82, 2.24) is 20.0 Å². The highest BCUT2D eigenvalue weighted by Crippen LogP contribution is 2.61. The smallest absolute Gasteiger partial charge is 0.313 e. The number of carbonyl (C=O) groups excluding carboxylic acids is 4. The summed E-state index contributed by atoms with van der Waals surface area (Å²) in [7, 11) is 0. The van der Waals surface area contributed by atoms with Gasteiger partial charge in [0.15, 0.2) is 0 Å². The molecule has 12 nitrogen and oxygen atoms in total. The third-order valence-electron chi connectivity index (χ3n) is 11.4. The molecule has 2 bridgehead atoms. The summed E-state index contributed by atoms with van der Waals surface area (Å²) in [5, 5.41) is 13.9. The molecule has 0 radical (unpaired) electrons. The van der Waals surface area contributed by atoms with E-state index in [1.54, 1.807) is 24.0 Å². The molecule has 3 amide bonds. The molecule has 4 saturated heterocycles. The highest BCUT2D eigenvalue weighted by molar-refractivity contribution is 9.09. The topological polar surface area (TPSA) is 138 Å². The average Bonchev–Trinajstić information content (AvgIpc) is 3.80. The van der Waals surface area contributed by atoms with Crippen LogP contribution in [0.15, 0.2) is 86.0 Å². The van der Waals surface area contributed by atoms with E-state index in [9.17, 15) is 14.7 Å². The monoisotopic (exact) mass is 820 g/mol. The zero-order valence-electron chi connectivity index (χ0n) is 31.5. The van der Waals surface area contributed by atoms with E-state index in [-0.39, 0.29) is 29.6 Å². The first-order valence-electron chi connectivity index (χ1n) is 19.3. The van der Waals surface area contributed by atoms with E-state index < -0.39 is 66.3 Å². The van der Waals surface area contributed by atoms with Crippen molar-refractivity contribution in [2.45, 2.75) is 73.4 Å². The van der Waals surface area contributed by atoms with E-state index in [0.717, 1.165) is 18.7 Å². The van der Waals surface area contributed by atoms with Crippen molar-refractivity contribution in [2.24, 2.45) is 11.8 Å². The Morgan fingerprint density at radius 3 is 2.44 bits per heavy atom. The van der Waals surface area contributed by atoms with Crippen molar-refractivity contribution in [3.05, 3.63) is 97.1 Å². The second-order valence-corrected chi connectivity index (χ2v) is 16.1. The molecule has 4 aliphatic rings. The summed E-state index contributed by atoms with van der Waals surface area (Å²) in [6.07, 6.45) is 3.04. The van der Waals surface area contributed by atoms with Crippen LogP contribution in [0.2, 0.25) is 0 Å². The molecule has 9 atom stereocenters. The van der Waals surface area contributed by atoms with Crippen LogP contribution in [0.4, 0.5) is 0 Å². The Labute approximate surface area is 332 Å². The molecule has 0 saturated carbocycles. The van der Waals surface area contributed by atoms with E-state index in [2.05, 4.69) is 39.3 Å². The largest absolute Gasteiger partial charge is 0.455 e. The van der Waals surface area contributed by atoms with E-state index in [4.69, 9.17) is 14.2 Å². The number of amides is 3. The number of halogens is 1. The first-order valence-corrected chi connectivity index (χ1v) is 20.2. The van der Waals surface area contributed by atoms with Gasteiger partial charge in [-0.3, -0.25) is 24.1 Å². The van der Waals surface area contributed by atoms with E-state index in [0.29, 0.717) is 51.1 Å². The minimum atomic E-state index is -1.37. The van der Waals surface area contributed by atoms with Gasteiger partial charge in [-0.1, -0.05) is 88.7 Å². The summed E-state index contributed by atoms with van der Waals surface area (Å²) in [6.45, 7) is 13.0. The number of alkyl halides is 1. The Balaban J connectivity index is 1.35. The highest BCUT2D eigenvalue weighted by Gasteiger charge is 2.77. The molecule has 4 aliphatic heterocycles. The van der Waals surface area contributed by atoms with Crippen molar-refractivity contribution in [3.63, 3.8) is 0 Å². The standard InChI is InChI=1S/C42H53BrN4O8/c1-4-6-17-33(49)44-28(3)36(30-15-11-8-12-16-30)54-41(52)34-35-39(50)47(31(27-48)25-29-13-9-7-10-14-29)38(42(35)26-32(43)37(34)55-42)40(51)46(18-5-2)20-19-45-21-23-53-24-22-45/h4-5,7-16,28,31-32,34-38,48H,1-2,6,17-27H2,3H3,(H,44,49)/t28-,31+,32?,34+,35-,36-,37+,38+,42-/m0/s1. The first-order chi connectivity index (χ1) is 26.6. The van der Waals surface area contributed by atoms with Crippen LogP contribution in [0.1, 0.15) is 43.4 Å². The van der Waals surface area contributed by atoms with Crippen LogP contribution in [0.5, 0.6) is 0 Å². The molecular formula is C42H53BrN4O8. The molecule has 4 fully saturated rings. The SMILES string of the molecule is C=CCCC(=O)N[C@@H](C)[C@H](OC(=O)[C@H]1[C@@H]2O[C@@]3(CC2Br)[C@@H]1C(=O)N([C@@H](CO)Cc1ccccc1)[C@@H]3C(=O)N(CC=C)CCN1CCOCC1)c1ccccc1. The number of hydrogen-bond acceptors (Lipinski definition) is 9. The fraction of sp³-hybridized carbons (Fsp3) is 0.524. The zero-order chi connectivity index (χ0) is 39.1. The minimum Gasteiger partial charge on any atom is -0.455 e. The lowest BCUT2D eigenvalue weighted by Gasteiger charge is -2.40. The van der Waals surface area contributed by atoms with Crippen LogP contribution in [0.3, 0.4) is 0 Å². The molecular weight excluding hydrogens is 768 g/mol. The maximum absolute atomic E-state index is 15.1. The number of fused-ring (bicyclic) bond motifs is 1. The third kappa shape index (κ3) is 8.61. The molecule has 2 N–H and O–H groups in total. The van der Waals surface area contributed by atoms with Gasteiger partial charge in [0.05, 0.1) is 49.8 Å². The highest BCUT2D eigenvalue weighted by atomic mass is 79.9. The molecule has 0 aromatic heterocycles. The number of likely N-dealkylation sites (tertiary alicyclic amines) is 1. The van der Waals surface area contributed by atoms with Crippen LogP contribution in [0, 0.1) is 11.8 Å². The number of nitrogens with zero attached hydrogens (tertiary/aromatic N) is 3. The summed E-state index contributed by atoms with van der Waals surface area (Å²) in [5.74, 6) is -3.70. The van der Waals surface area contributed by atoms with Crippen molar-refractivity contribution in [3.8, 4) is 0 Å². The van der Waals surface area contributed by atoms with Crippen LogP contribution in [0.25, 0.3) is 0 Å². The van der Waals surface area contributed by atoms with Gasteiger partial charge in [-0.2, -0.15) is 0 Å². The Bertz CT molecular complexity index is 1680. The summed E-state index contributed by atoms with van der Waals surface area (Å²) in [6, 6.07) is 16.2. The molecule has 1 unspecified atom stereocenters. The van der Waals surface area contributed by atoms with Crippen molar-refractivity contribution in [2.75, 3.05) is 52.5 Å². The number of esters is 1. The Hall–Kier alpha value is -3.88. The lowest BCUT2D eigenvalue weighted by Crippen LogP contribution is -2.60. The zero-order valence-corrected chi connectivity index (χ0v) is 33.1. The quantitative estimate of drug-likeness (QED) is 0.132. The van der Waals surface area contributed by atoms with Gasteiger partial charge in [-0.15, -0.1) is 13.2 Å². The molecule has 2 aromatic carbocycles. The van der Waals surface area contributed by atoms with Crippen LogP contribution in [-0.2, 0) is 39.8 Å².